The third-order valence-electron chi connectivity index (χ3n) is 3.36. The van der Waals surface area contributed by atoms with E-state index >= 15 is 0 Å². The Morgan fingerprint density at radius 3 is 2.67 bits per heavy atom. The third-order valence-corrected chi connectivity index (χ3v) is 3.36. The maximum absolute atomic E-state index is 11.7. The Morgan fingerprint density at radius 2 is 2.17 bits per heavy atom. The summed E-state index contributed by atoms with van der Waals surface area (Å²) in [6.45, 7) is 5.00. The lowest BCUT2D eigenvalue weighted by Crippen LogP contribution is -2.37. The molecule has 0 aromatic carbocycles. The minimum Gasteiger partial charge on any atom is -0.457 e. The van der Waals surface area contributed by atoms with Crippen LogP contribution in [0.1, 0.15) is 13.3 Å². The number of aliphatic hydroxyl groups is 1. The van der Waals surface area contributed by atoms with Crippen LogP contribution in [0.15, 0.2) is 24.3 Å². The molecule has 0 saturated carbocycles. The number of ketones is 2. The van der Waals surface area contributed by atoms with Crippen LogP contribution in [-0.4, -0.2) is 34.9 Å². The molecular weight excluding hydrogens is 236 g/mol. The molecule has 18 heavy (non-hydrogen) atoms. The fraction of sp³-hybridized carbons (Fsp3) is 0.462. The maximum Gasteiger partial charge on any atom is 0.334 e. The van der Waals surface area contributed by atoms with Crippen LogP contribution >= 0.6 is 0 Å². The van der Waals surface area contributed by atoms with E-state index < -0.39 is 30.0 Å². The summed E-state index contributed by atoms with van der Waals surface area (Å²) in [7, 11) is 0. The van der Waals surface area contributed by atoms with Gasteiger partial charge in [-0.3, -0.25) is 4.79 Å². The van der Waals surface area contributed by atoms with E-state index in [4.69, 9.17) is 4.74 Å². The van der Waals surface area contributed by atoms with Crippen LogP contribution in [0.2, 0.25) is 0 Å². The number of carbonyl (C=O) groups is 3. The standard InChI is InChI=1S/C13H14O5/c1-6(14)5-8-7(2)13(17)18-12(8)11-9(15)3-4-10(11)16/h3-4,8-9,11-12,15H,2,5H2,1H3/t8-,9+,11-,12+/m1/s1. The molecule has 5 heteroatoms. The van der Waals surface area contributed by atoms with Crippen molar-refractivity contribution in [3.05, 3.63) is 24.3 Å². The normalized spacial score (nSPS) is 35.1. The molecule has 0 spiro atoms. The Kier molecular flexibility index (Phi) is 3.17. The summed E-state index contributed by atoms with van der Waals surface area (Å²) in [4.78, 5) is 34.4. The number of hydrogen-bond donors (Lipinski definition) is 1. The van der Waals surface area contributed by atoms with Gasteiger partial charge in [-0.1, -0.05) is 12.7 Å². The van der Waals surface area contributed by atoms with Gasteiger partial charge >= 0.3 is 5.97 Å². The Morgan fingerprint density at radius 1 is 1.50 bits per heavy atom. The van der Waals surface area contributed by atoms with Crippen molar-refractivity contribution in [1.29, 1.82) is 0 Å². The van der Waals surface area contributed by atoms with Crippen LogP contribution in [0.5, 0.6) is 0 Å². The predicted molar refractivity (Wildman–Crippen MR) is 61.5 cm³/mol. The molecule has 0 bridgehead atoms. The number of ether oxygens (including phenoxy) is 1. The van der Waals surface area contributed by atoms with E-state index in [1.807, 2.05) is 0 Å². The summed E-state index contributed by atoms with van der Waals surface area (Å²) in [5.41, 5.74) is 0.196. The van der Waals surface area contributed by atoms with Crippen molar-refractivity contribution in [3.8, 4) is 0 Å². The highest BCUT2D eigenvalue weighted by Crippen LogP contribution is 2.37. The average Bonchev–Trinajstić information content (AvgIpc) is 2.73. The predicted octanol–water partition coefficient (Wildman–Crippen LogP) is 0.179. The molecule has 0 amide bonds. The molecule has 1 heterocycles. The molecule has 0 radical (unpaired) electrons. The van der Waals surface area contributed by atoms with Gasteiger partial charge in [0.25, 0.3) is 0 Å². The molecule has 1 N–H and O–H groups in total. The van der Waals surface area contributed by atoms with Gasteiger partial charge in [0.15, 0.2) is 5.78 Å². The Labute approximate surface area is 104 Å². The highest BCUT2D eigenvalue weighted by atomic mass is 16.6. The lowest BCUT2D eigenvalue weighted by molar-refractivity contribution is -0.145. The zero-order valence-corrected chi connectivity index (χ0v) is 9.96. The lowest BCUT2D eigenvalue weighted by Gasteiger charge is -2.24. The zero-order valence-electron chi connectivity index (χ0n) is 9.96. The van der Waals surface area contributed by atoms with Gasteiger partial charge in [0.05, 0.1) is 12.0 Å². The monoisotopic (exact) mass is 250 g/mol. The van der Waals surface area contributed by atoms with Gasteiger partial charge in [-0.15, -0.1) is 0 Å². The summed E-state index contributed by atoms with van der Waals surface area (Å²) in [5.74, 6) is -2.35. The van der Waals surface area contributed by atoms with Crippen molar-refractivity contribution in [1.82, 2.24) is 0 Å². The highest BCUT2D eigenvalue weighted by Gasteiger charge is 2.48. The topological polar surface area (TPSA) is 80.7 Å². The van der Waals surface area contributed by atoms with Crippen molar-refractivity contribution in [2.45, 2.75) is 25.6 Å². The highest BCUT2D eigenvalue weighted by molar-refractivity contribution is 5.98. The summed E-state index contributed by atoms with van der Waals surface area (Å²) < 4.78 is 5.10. The van der Waals surface area contributed by atoms with Gasteiger partial charge in [-0.2, -0.15) is 0 Å². The van der Waals surface area contributed by atoms with E-state index in [0.29, 0.717) is 0 Å². The summed E-state index contributed by atoms with van der Waals surface area (Å²) in [6.07, 6.45) is 0.954. The quantitative estimate of drug-likeness (QED) is 0.571. The van der Waals surface area contributed by atoms with E-state index in [1.165, 1.54) is 19.1 Å². The van der Waals surface area contributed by atoms with Crippen molar-refractivity contribution in [2.75, 3.05) is 0 Å². The number of rotatable bonds is 3. The van der Waals surface area contributed by atoms with Crippen LogP contribution in [-0.2, 0) is 19.1 Å². The van der Waals surface area contributed by atoms with Crippen LogP contribution in [0, 0.1) is 11.8 Å². The molecule has 1 fully saturated rings. The largest absolute Gasteiger partial charge is 0.457 e. The second-order valence-corrected chi connectivity index (χ2v) is 4.69. The smallest absolute Gasteiger partial charge is 0.334 e. The first kappa shape index (κ1) is 12.7. The molecule has 1 saturated heterocycles. The van der Waals surface area contributed by atoms with Gasteiger partial charge in [-0.05, 0) is 13.0 Å². The number of cyclic esters (lactones) is 1. The van der Waals surface area contributed by atoms with Gasteiger partial charge in [0, 0.05) is 17.9 Å². The zero-order chi connectivity index (χ0) is 13.4. The molecule has 0 aromatic heterocycles. The first-order valence-corrected chi connectivity index (χ1v) is 5.71. The van der Waals surface area contributed by atoms with Crippen LogP contribution < -0.4 is 0 Å². The SMILES string of the molecule is C=C1C(=O)O[C@H]([C@H]2C(=O)C=C[C@@H]2O)[C@@H]1CC(C)=O. The van der Waals surface area contributed by atoms with E-state index in [1.54, 1.807) is 0 Å². The lowest BCUT2D eigenvalue weighted by atomic mass is 9.83. The van der Waals surface area contributed by atoms with Gasteiger partial charge in [0.1, 0.15) is 11.9 Å². The Hall–Kier alpha value is -1.75. The van der Waals surface area contributed by atoms with Crippen molar-refractivity contribution < 1.29 is 24.2 Å². The average molecular weight is 250 g/mol. The number of esters is 1. The number of carbonyl (C=O) groups excluding carboxylic acids is 3. The molecule has 2 rings (SSSR count). The van der Waals surface area contributed by atoms with Crippen LogP contribution in [0.3, 0.4) is 0 Å². The second kappa shape index (κ2) is 4.49. The maximum atomic E-state index is 11.7. The molecule has 4 atom stereocenters. The summed E-state index contributed by atoms with van der Waals surface area (Å²) in [5, 5.41) is 9.73. The van der Waals surface area contributed by atoms with Crippen LogP contribution in [0.4, 0.5) is 0 Å². The molecule has 1 aliphatic heterocycles. The van der Waals surface area contributed by atoms with Crippen molar-refractivity contribution in [3.63, 3.8) is 0 Å². The van der Waals surface area contributed by atoms with Gasteiger partial charge in [0.2, 0.25) is 0 Å². The molecule has 1 aliphatic carbocycles. The molecule has 0 aromatic rings. The van der Waals surface area contributed by atoms with Crippen molar-refractivity contribution in [2.24, 2.45) is 11.8 Å². The molecular formula is C13H14O5. The Bertz CT molecular complexity index is 462. The molecule has 5 nitrogen and oxygen atoms in total. The fourth-order valence-corrected chi connectivity index (χ4v) is 2.45. The Balaban J connectivity index is 2.25. The van der Waals surface area contributed by atoms with Gasteiger partial charge in [-0.25, -0.2) is 4.79 Å². The van der Waals surface area contributed by atoms with E-state index in [-0.39, 0.29) is 23.6 Å². The second-order valence-electron chi connectivity index (χ2n) is 4.69. The minimum absolute atomic E-state index is 0.0890. The minimum atomic E-state index is -0.976. The molecule has 0 unspecified atom stereocenters. The third kappa shape index (κ3) is 2.01. The number of aliphatic hydroxyl groups excluding tert-OH is 1. The molecule has 96 valence electrons. The summed E-state index contributed by atoms with van der Waals surface area (Å²) >= 11 is 0. The number of Topliss-reactive ketones (excluding diaryl/α,β-unsaturated/α-hetero) is 1. The van der Waals surface area contributed by atoms with Crippen LogP contribution in [0.25, 0.3) is 0 Å². The van der Waals surface area contributed by atoms with Crippen molar-refractivity contribution >= 4 is 17.5 Å². The number of allylic oxidation sites excluding steroid dienone is 1. The van der Waals surface area contributed by atoms with E-state index in [9.17, 15) is 19.5 Å². The van der Waals surface area contributed by atoms with E-state index in [2.05, 4.69) is 6.58 Å². The summed E-state index contributed by atoms with van der Waals surface area (Å²) in [6, 6.07) is 0. The van der Waals surface area contributed by atoms with Gasteiger partial charge < -0.3 is 14.6 Å². The fourth-order valence-electron chi connectivity index (χ4n) is 2.45. The first-order chi connectivity index (χ1) is 8.41. The van der Waals surface area contributed by atoms with E-state index in [0.717, 1.165) is 0 Å². The first-order valence-electron chi connectivity index (χ1n) is 5.71. The molecule has 2 aliphatic rings. The number of hydrogen-bond acceptors (Lipinski definition) is 5.